The number of amidine groups is 1. The van der Waals surface area contributed by atoms with Gasteiger partial charge in [0.2, 0.25) is 5.91 Å². The van der Waals surface area contributed by atoms with E-state index in [1.165, 1.54) is 36.9 Å². The highest BCUT2D eigenvalue weighted by Gasteiger charge is 2.37. The van der Waals surface area contributed by atoms with Crippen LogP contribution in [0.15, 0.2) is 11.3 Å². The summed E-state index contributed by atoms with van der Waals surface area (Å²) >= 11 is 1.08. The van der Waals surface area contributed by atoms with Gasteiger partial charge in [-0.2, -0.15) is 0 Å². The summed E-state index contributed by atoms with van der Waals surface area (Å²) < 4.78 is 11.0. The first kappa shape index (κ1) is 20.6. The van der Waals surface area contributed by atoms with Gasteiger partial charge in [-0.25, -0.2) is 14.8 Å². The van der Waals surface area contributed by atoms with Crippen LogP contribution in [-0.4, -0.2) is 69.3 Å². The number of thioether (sulfide) groups is 1. The molecule has 0 bridgehead atoms. The van der Waals surface area contributed by atoms with Gasteiger partial charge in [0, 0.05) is 7.05 Å². The number of ketones is 1. The minimum absolute atomic E-state index is 0.0254. The average molecular weight is 396 g/mol. The predicted molar refractivity (Wildman–Crippen MR) is 96.7 cm³/mol. The lowest BCUT2D eigenvalue weighted by molar-refractivity contribution is -0.142. The molecule has 27 heavy (non-hydrogen) atoms. The van der Waals surface area contributed by atoms with E-state index in [1.807, 2.05) is 0 Å². The second-order valence-electron chi connectivity index (χ2n) is 5.65. The lowest BCUT2D eigenvalue weighted by Gasteiger charge is -2.09. The van der Waals surface area contributed by atoms with Gasteiger partial charge in [0.05, 0.1) is 33.0 Å². The third-order valence-electron chi connectivity index (χ3n) is 3.60. The molecular weight excluding hydrogens is 376 g/mol. The van der Waals surface area contributed by atoms with Gasteiger partial charge in [0.1, 0.15) is 11.0 Å². The first-order valence-corrected chi connectivity index (χ1v) is 8.97. The van der Waals surface area contributed by atoms with Gasteiger partial charge >= 0.3 is 11.9 Å². The Morgan fingerprint density at radius 1 is 1.37 bits per heavy atom. The van der Waals surface area contributed by atoms with Crippen molar-refractivity contribution in [1.29, 1.82) is 0 Å². The summed E-state index contributed by atoms with van der Waals surface area (Å²) in [6, 6.07) is 0. The third kappa shape index (κ3) is 4.73. The Morgan fingerprint density at radius 2 is 2.07 bits per heavy atom. The number of aliphatic imine (C=N–C) groups is 1. The topological polar surface area (TPSA) is 120 Å². The minimum atomic E-state index is -0.668. The molecule has 10 nitrogen and oxygen atoms in total. The molecule has 0 aliphatic carbocycles. The molecule has 2 heterocycles. The number of rotatable bonds is 7. The van der Waals surface area contributed by atoms with E-state index in [0.29, 0.717) is 0 Å². The summed E-state index contributed by atoms with van der Waals surface area (Å²) in [6.45, 7) is 3.14. The van der Waals surface area contributed by atoms with Gasteiger partial charge in [-0.3, -0.25) is 19.3 Å². The molecular formula is C16H20N4O6S. The molecule has 11 heteroatoms. The van der Waals surface area contributed by atoms with Crippen LogP contribution in [0.1, 0.15) is 30.8 Å². The molecule has 1 saturated heterocycles. The first-order valence-electron chi connectivity index (χ1n) is 8.09. The quantitative estimate of drug-likeness (QED) is 0.620. The van der Waals surface area contributed by atoms with E-state index in [-0.39, 0.29) is 47.9 Å². The highest BCUT2D eigenvalue weighted by molar-refractivity contribution is 8.15. The summed E-state index contributed by atoms with van der Waals surface area (Å²) in [5.74, 6) is -1.61. The highest BCUT2D eigenvalue weighted by atomic mass is 32.2. The van der Waals surface area contributed by atoms with Crippen LogP contribution in [0, 0.1) is 0 Å². The third-order valence-corrected chi connectivity index (χ3v) is 4.83. The molecule has 1 fully saturated rings. The van der Waals surface area contributed by atoms with Crippen LogP contribution in [-0.2, 0) is 30.4 Å². The van der Waals surface area contributed by atoms with Gasteiger partial charge in [-0.15, -0.1) is 0 Å². The van der Waals surface area contributed by atoms with Crippen molar-refractivity contribution in [1.82, 2.24) is 14.5 Å². The molecule has 1 atom stereocenters. The molecule has 1 amide bonds. The summed E-state index contributed by atoms with van der Waals surface area (Å²) in [5, 5.41) is -0.376. The number of imidazole rings is 1. The molecule has 1 aliphatic heterocycles. The van der Waals surface area contributed by atoms with Gasteiger partial charge in [-0.1, -0.05) is 11.8 Å². The number of esters is 2. The van der Waals surface area contributed by atoms with Crippen molar-refractivity contribution in [2.75, 3.05) is 20.8 Å². The number of carbonyl (C=O) groups excluding carboxylic acids is 4. The fourth-order valence-electron chi connectivity index (χ4n) is 2.34. The number of carbonyl (C=O) groups is 4. The molecule has 0 aromatic carbocycles. The van der Waals surface area contributed by atoms with Crippen molar-refractivity contribution in [2.45, 2.75) is 32.1 Å². The summed E-state index contributed by atoms with van der Waals surface area (Å²) in [6.07, 6.45) is 1.23. The largest absolute Gasteiger partial charge is 0.469 e. The molecule has 146 valence electrons. The van der Waals surface area contributed by atoms with E-state index in [1.54, 1.807) is 6.92 Å². The second kappa shape index (κ2) is 8.80. The monoisotopic (exact) mass is 396 g/mol. The molecule has 0 N–H and O–H groups in total. The minimum Gasteiger partial charge on any atom is -0.469 e. The van der Waals surface area contributed by atoms with Gasteiger partial charge in [0.15, 0.2) is 16.7 Å². The van der Waals surface area contributed by atoms with Crippen molar-refractivity contribution in [3.63, 3.8) is 0 Å². The summed E-state index contributed by atoms with van der Waals surface area (Å²) in [4.78, 5) is 57.1. The number of ether oxygens (including phenoxy) is 2. The van der Waals surface area contributed by atoms with Crippen LogP contribution in [0.5, 0.6) is 0 Å². The molecule has 1 aromatic heterocycles. The standard InChI is InChI=1S/C16H20N4O6S/c1-5-26-15(24)12-13(17-8-20(12)7-9(2)21)18-16-19(3)14(23)10(27-16)6-11(22)25-4/h8,10H,5-7H2,1-4H3/t10-/m0/s1. The van der Waals surface area contributed by atoms with Crippen LogP contribution in [0.3, 0.4) is 0 Å². The number of Topliss-reactive ketones (excluding diaryl/α,β-unsaturated/α-hetero) is 1. The maximum atomic E-state index is 12.3. The summed E-state index contributed by atoms with van der Waals surface area (Å²) in [5.41, 5.74) is 0.0254. The van der Waals surface area contributed by atoms with Crippen LogP contribution in [0.4, 0.5) is 5.82 Å². The second-order valence-corrected chi connectivity index (χ2v) is 6.82. The first-order chi connectivity index (χ1) is 12.8. The van der Waals surface area contributed by atoms with Crippen LogP contribution < -0.4 is 0 Å². The van der Waals surface area contributed by atoms with Crippen molar-refractivity contribution in [2.24, 2.45) is 4.99 Å². The van der Waals surface area contributed by atoms with Gasteiger partial charge in [-0.05, 0) is 13.8 Å². The van der Waals surface area contributed by atoms with Gasteiger partial charge < -0.3 is 14.0 Å². The SMILES string of the molecule is CCOC(=O)c1c(N=C2S[C@@H](CC(=O)OC)C(=O)N2C)ncn1CC(C)=O. The molecule has 0 saturated carbocycles. The number of hydrogen-bond acceptors (Lipinski definition) is 9. The molecule has 0 spiro atoms. The van der Waals surface area contributed by atoms with Crippen molar-refractivity contribution in [3.8, 4) is 0 Å². The van der Waals surface area contributed by atoms with Crippen LogP contribution in [0.2, 0.25) is 0 Å². The van der Waals surface area contributed by atoms with Crippen molar-refractivity contribution >= 4 is 46.4 Å². The number of methoxy groups -OCH3 is 1. The van der Waals surface area contributed by atoms with E-state index in [0.717, 1.165) is 11.8 Å². The number of amides is 1. The summed E-state index contributed by atoms with van der Waals surface area (Å²) in [7, 11) is 2.76. The molecule has 2 rings (SSSR count). The molecule has 1 aromatic rings. The average Bonchev–Trinajstić information content (AvgIpc) is 3.11. The lowest BCUT2D eigenvalue weighted by atomic mass is 10.3. The number of hydrogen-bond donors (Lipinski definition) is 0. The number of aromatic nitrogens is 2. The Balaban J connectivity index is 2.36. The lowest BCUT2D eigenvalue weighted by Crippen LogP contribution is -2.29. The van der Waals surface area contributed by atoms with E-state index in [4.69, 9.17) is 4.74 Å². The maximum Gasteiger partial charge on any atom is 0.358 e. The zero-order valence-electron chi connectivity index (χ0n) is 15.4. The Kier molecular flexibility index (Phi) is 6.72. The smallest absolute Gasteiger partial charge is 0.358 e. The zero-order valence-corrected chi connectivity index (χ0v) is 16.2. The fourth-order valence-corrected chi connectivity index (χ4v) is 3.46. The molecule has 0 radical (unpaired) electrons. The molecule has 1 aliphatic rings. The van der Waals surface area contributed by atoms with E-state index >= 15 is 0 Å². The van der Waals surface area contributed by atoms with Crippen molar-refractivity contribution < 1.29 is 28.7 Å². The maximum absolute atomic E-state index is 12.3. The Morgan fingerprint density at radius 3 is 2.67 bits per heavy atom. The van der Waals surface area contributed by atoms with Crippen LogP contribution in [0.25, 0.3) is 0 Å². The fraction of sp³-hybridized carbons (Fsp3) is 0.500. The highest BCUT2D eigenvalue weighted by Crippen LogP contribution is 2.31. The van der Waals surface area contributed by atoms with E-state index in [9.17, 15) is 19.2 Å². The van der Waals surface area contributed by atoms with Gasteiger partial charge in [0.25, 0.3) is 0 Å². The molecule has 0 unspecified atom stereocenters. The Hall–Kier alpha value is -2.69. The van der Waals surface area contributed by atoms with E-state index < -0.39 is 17.2 Å². The normalized spacial score (nSPS) is 18.1. The predicted octanol–water partition coefficient (Wildman–Crippen LogP) is 0.773. The zero-order chi connectivity index (χ0) is 20.1. The van der Waals surface area contributed by atoms with Crippen molar-refractivity contribution in [3.05, 3.63) is 12.0 Å². The number of nitrogens with zero attached hydrogens (tertiary/aromatic N) is 4. The Labute approximate surface area is 159 Å². The Bertz CT molecular complexity index is 803. The van der Waals surface area contributed by atoms with E-state index in [2.05, 4.69) is 14.7 Å². The van der Waals surface area contributed by atoms with Crippen LogP contribution >= 0.6 is 11.8 Å².